The highest BCUT2D eigenvalue weighted by atomic mass is 127. The SMILES string of the molecule is CN=C(NCC1CCN(CC(F)(F)F)C1)N1CCC(c2ccccc2)C(C)C1.I. The third kappa shape index (κ3) is 7.01. The minimum atomic E-state index is -4.11. The Morgan fingerprint density at radius 3 is 2.48 bits per heavy atom. The van der Waals surface area contributed by atoms with Gasteiger partial charge < -0.3 is 10.2 Å². The highest BCUT2D eigenvalue weighted by Gasteiger charge is 2.34. The number of nitrogens with zero attached hydrogens (tertiary/aromatic N) is 3. The van der Waals surface area contributed by atoms with Crippen molar-refractivity contribution in [3.8, 4) is 0 Å². The van der Waals surface area contributed by atoms with E-state index in [0.29, 0.717) is 31.5 Å². The van der Waals surface area contributed by atoms with Crippen molar-refractivity contribution in [3.63, 3.8) is 0 Å². The molecule has 29 heavy (non-hydrogen) atoms. The third-order valence-corrected chi connectivity index (χ3v) is 5.97. The summed E-state index contributed by atoms with van der Waals surface area (Å²) in [5.74, 6) is 2.18. The van der Waals surface area contributed by atoms with E-state index in [-0.39, 0.29) is 29.9 Å². The van der Waals surface area contributed by atoms with E-state index < -0.39 is 12.7 Å². The van der Waals surface area contributed by atoms with Gasteiger partial charge in [-0.3, -0.25) is 9.89 Å². The summed E-state index contributed by atoms with van der Waals surface area (Å²) >= 11 is 0. The highest BCUT2D eigenvalue weighted by Crippen LogP contribution is 2.32. The number of hydrogen-bond donors (Lipinski definition) is 1. The summed E-state index contributed by atoms with van der Waals surface area (Å²) in [6.07, 6.45) is -2.24. The van der Waals surface area contributed by atoms with Gasteiger partial charge in [-0.15, -0.1) is 24.0 Å². The van der Waals surface area contributed by atoms with Crippen molar-refractivity contribution < 1.29 is 13.2 Å². The molecular formula is C21H32F3IN4. The molecule has 3 rings (SSSR count). The molecule has 2 heterocycles. The van der Waals surface area contributed by atoms with Gasteiger partial charge in [-0.1, -0.05) is 37.3 Å². The van der Waals surface area contributed by atoms with Crippen molar-refractivity contribution in [2.45, 2.75) is 31.9 Å². The van der Waals surface area contributed by atoms with Gasteiger partial charge in [0.15, 0.2) is 5.96 Å². The van der Waals surface area contributed by atoms with Crippen molar-refractivity contribution in [3.05, 3.63) is 35.9 Å². The lowest BCUT2D eigenvalue weighted by Crippen LogP contribution is -2.49. The molecule has 1 aromatic rings. The van der Waals surface area contributed by atoms with Crippen LogP contribution in [0.4, 0.5) is 13.2 Å². The summed E-state index contributed by atoms with van der Waals surface area (Å²) in [6, 6.07) is 10.7. The minimum Gasteiger partial charge on any atom is -0.356 e. The molecule has 8 heteroatoms. The topological polar surface area (TPSA) is 30.9 Å². The number of hydrogen-bond acceptors (Lipinski definition) is 2. The number of rotatable bonds is 4. The summed E-state index contributed by atoms with van der Waals surface area (Å²) < 4.78 is 37.7. The highest BCUT2D eigenvalue weighted by molar-refractivity contribution is 14.0. The van der Waals surface area contributed by atoms with Crippen LogP contribution in [-0.2, 0) is 0 Å². The Balaban J connectivity index is 0.00000300. The average Bonchev–Trinajstić information content (AvgIpc) is 3.08. The number of piperidine rings is 1. The van der Waals surface area contributed by atoms with Crippen LogP contribution in [-0.4, -0.2) is 68.3 Å². The van der Waals surface area contributed by atoms with Gasteiger partial charge in [0, 0.05) is 33.2 Å². The van der Waals surface area contributed by atoms with Crippen molar-refractivity contribution in [1.82, 2.24) is 15.1 Å². The zero-order valence-corrected chi connectivity index (χ0v) is 19.5. The second kappa shape index (κ2) is 10.8. The maximum absolute atomic E-state index is 12.6. The van der Waals surface area contributed by atoms with Crippen LogP contribution in [0, 0.1) is 11.8 Å². The van der Waals surface area contributed by atoms with Crippen LogP contribution in [0.3, 0.4) is 0 Å². The number of halogens is 4. The predicted molar refractivity (Wildman–Crippen MR) is 122 cm³/mol. The molecule has 4 nitrogen and oxygen atoms in total. The Hall–Kier alpha value is -1.03. The molecule has 2 aliphatic rings. The third-order valence-electron chi connectivity index (χ3n) is 5.97. The van der Waals surface area contributed by atoms with Gasteiger partial charge in [0.2, 0.25) is 0 Å². The van der Waals surface area contributed by atoms with Crippen molar-refractivity contribution in [1.29, 1.82) is 0 Å². The van der Waals surface area contributed by atoms with E-state index in [9.17, 15) is 13.2 Å². The number of guanidine groups is 1. The number of aliphatic imine (C=N–C) groups is 1. The summed E-state index contributed by atoms with van der Waals surface area (Å²) in [7, 11) is 1.78. The molecule has 0 radical (unpaired) electrons. The fraction of sp³-hybridized carbons (Fsp3) is 0.667. The molecule has 0 bridgehead atoms. The zero-order valence-electron chi connectivity index (χ0n) is 17.2. The van der Waals surface area contributed by atoms with Crippen LogP contribution in [0.1, 0.15) is 31.2 Å². The molecular weight excluding hydrogens is 492 g/mol. The van der Waals surface area contributed by atoms with Crippen LogP contribution in [0.25, 0.3) is 0 Å². The molecule has 0 spiro atoms. The van der Waals surface area contributed by atoms with E-state index in [0.717, 1.165) is 31.9 Å². The lowest BCUT2D eigenvalue weighted by Gasteiger charge is -2.39. The van der Waals surface area contributed by atoms with E-state index >= 15 is 0 Å². The fourth-order valence-electron chi connectivity index (χ4n) is 4.58. The normalized spacial score (nSPS) is 26.3. The van der Waals surface area contributed by atoms with Crippen molar-refractivity contribution in [2.24, 2.45) is 16.8 Å². The van der Waals surface area contributed by atoms with Crippen LogP contribution in [0.5, 0.6) is 0 Å². The predicted octanol–water partition coefficient (Wildman–Crippen LogP) is 4.19. The smallest absolute Gasteiger partial charge is 0.356 e. The van der Waals surface area contributed by atoms with Crippen LogP contribution in [0.15, 0.2) is 35.3 Å². The molecule has 164 valence electrons. The van der Waals surface area contributed by atoms with Gasteiger partial charge in [-0.25, -0.2) is 0 Å². The van der Waals surface area contributed by atoms with E-state index in [1.165, 1.54) is 10.5 Å². The van der Waals surface area contributed by atoms with Gasteiger partial charge in [-0.2, -0.15) is 13.2 Å². The van der Waals surface area contributed by atoms with Crippen molar-refractivity contribution >= 4 is 29.9 Å². The van der Waals surface area contributed by atoms with Crippen LogP contribution < -0.4 is 5.32 Å². The maximum atomic E-state index is 12.6. The molecule has 2 saturated heterocycles. The second-order valence-corrected chi connectivity index (χ2v) is 8.16. The molecule has 0 amide bonds. The standard InChI is InChI=1S/C21H31F3N4.HI/c1-16-13-28(11-9-19(16)18-6-4-3-5-7-18)20(25-2)26-12-17-8-10-27(14-17)15-21(22,23)24;/h3-7,16-17,19H,8-15H2,1-2H3,(H,25,26);1H. The van der Waals surface area contributed by atoms with Gasteiger partial charge in [0.05, 0.1) is 6.54 Å². The second-order valence-electron chi connectivity index (χ2n) is 8.16. The molecule has 2 fully saturated rings. The number of nitrogens with one attached hydrogen (secondary N) is 1. The Bertz CT molecular complexity index is 653. The number of benzene rings is 1. The largest absolute Gasteiger partial charge is 0.401 e. The summed E-state index contributed by atoms with van der Waals surface area (Å²) in [6.45, 7) is 5.04. The molecule has 1 N–H and O–H groups in total. The maximum Gasteiger partial charge on any atom is 0.401 e. The zero-order chi connectivity index (χ0) is 20.1. The first-order valence-electron chi connectivity index (χ1n) is 10.2. The Kier molecular flexibility index (Phi) is 9.06. The number of likely N-dealkylation sites (tertiary alicyclic amines) is 2. The summed E-state index contributed by atoms with van der Waals surface area (Å²) in [5.41, 5.74) is 1.40. The molecule has 1 aromatic carbocycles. The minimum absolute atomic E-state index is 0. The lowest BCUT2D eigenvalue weighted by molar-refractivity contribution is -0.143. The summed E-state index contributed by atoms with van der Waals surface area (Å²) in [4.78, 5) is 8.21. The van der Waals surface area contributed by atoms with E-state index in [2.05, 4.69) is 46.4 Å². The fourth-order valence-corrected chi connectivity index (χ4v) is 4.58. The van der Waals surface area contributed by atoms with Gasteiger partial charge in [-0.05, 0) is 42.7 Å². The number of alkyl halides is 3. The van der Waals surface area contributed by atoms with Crippen LogP contribution in [0.2, 0.25) is 0 Å². The molecule has 3 unspecified atom stereocenters. The van der Waals surface area contributed by atoms with Gasteiger partial charge in [0.25, 0.3) is 0 Å². The van der Waals surface area contributed by atoms with Gasteiger partial charge >= 0.3 is 6.18 Å². The van der Waals surface area contributed by atoms with E-state index in [1.807, 2.05) is 6.07 Å². The Morgan fingerprint density at radius 1 is 1.14 bits per heavy atom. The average molecular weight is 524 g/mol. The lowest BCUT2D eigenvalue weighted by atomic mass is 9.82. The Labute approximate surface area is 188 Å². The van der Waals surface area contributed by atoms with Crippen molar-refractivity contribution in [2.75, 3.05) is 46.3 Å². The quantitative estimate of drug-likeness (QED) is 0.364. The van der Waals surface area contributed by atoms with E-state index in [4.69, 9.17) is 0 Å². The summed E-state index contributed by atoms with van der Waals surface area (Å²) in [5, 5.41) is 3.41. The molecule has 0 saturated carbocycles. The molecule has 0 aliphatic carbocycles. The molecule has 2 aliphatic heterocycles. The van der Waals surface area contributed by atoms with Crippen LogP contribution >= 0.6 is 24.0 Å². The molecule has 0 aromatic heterocycles. The van der Waals surface area contributed by atoms with E-state index in [1.54, 1.807) is 7.05 Å². The first-order valence-corrected chi connectivity index (χ1v) is 10.2. The van der Waals surface area contributed by atoms with Gasteiger partial charge in [0.1, 0.15) is 0 Å². The monoisotopic (exact) mass is 524 g/mol. The first kappa shape index (κ1) is 24.2. The first-order chi connectivity index (χ1) is 13.4. The molecule has 3 atom stereocenters. The Morgan fingerprint density at radius 2 is 1.86 bits per heavy atom.